The van der Waals surface area contributed by atoms with E-state index in [4.69, 9.17) is 0 Å². The number of hydrogen-bond donors (Lipinski definition) is 1. The van der Waals surface area contributed by atoms with Crippen LogP contribution < -0.4 is 5.32 Å². The molecule has 1 aromatic rings. The van der Waals surface area contributed by atoms with E-state index in [-0.39, 0.29) is 11.8 Å². The molecule has 1 atom stereocenters. The van der Waals surface area contributed by atoms with Crippen molar-refractivity contribution in [2.75, 3.05) is 7.05 Å². The maximum Gasteiger partial charge on any atom is 0.189 e. The van der Waals surface area contributed by atoms with Gasteiger partial charge in [0.2, 0.25) is 0 Å². The molecule has 1 unspecified atom stereocenters. The van der Waals surface area contributed by atoms with E-state index in [1.54, 1.807) is 0 Å². The number of carbonyl (C=O) groups excluding carboxylic acids is 1. The van der Waals surface area contributed by atoms with Gasteiger partial charge in [0, 0.05) is 0 Å². The van der Waals surface area contributed by atoms with Crippen LogP contribution in [0.25, 0.3) is 0 Å². The molecule has 1 heterocycles. The summed E-state index contributed by atoms with van der Waals surface area (Å²) in [6, 6.07) is 3.71. The highest BCUT2D eigenvalue weighted by atomic mass is 79.9. The number of likely N-dealkylation sites (N-methyl/N-ethyl adjacent to an activating group) is 1. The van der Waals surface area contributed by atoms with Crippen molar-refractivity contribution in [1.29, 1.82) is 0 Å². The first-order valence-corrected chi connectivity index (χ1v) is 5.76. The van der Waals surface area contributed by atoms with Crippen molar-refractivity contribution in [3.8, 4) is 0 Å². The van der Waals surface area contributed by atoms with Crippen LogP contribution in [-0.4, -0.2) is 18.9 Å². The Bertz CT molecular complexity index is 294. The SMILES string of the molecule is CCC(NC)C(=O)c1ccc(Br)s1. The van der Waals surface area contributed by atoms with Gasteiger partial charge in [-0.15, -0.1) is 11.3 Å². The molecule has 0 aliphatic carbocycles. The number of nitrogens with one attached hydrogen (secondary N) is 1. The van der Waals surface area contributed by atoms with Gasteiger partial charge in [0.05, 0.1) is 14.7 Å². The van der Waals surface area contributed by atoms with Gasteiger partial charge in [0.25, 0.3) is 0 Å². The summed E-state index contributed by atoms with van der Waals surface area (Å²) in [7, 11) is 1.81. The van der Waals surface area contributed by atoms with Crippen molar-refractivity contribution in [2.24, 2.45) is 0 Å². The van der Waals surface area contributed by atoms with Crippen molar-refractivity contribution >= 4 is 33.0 Å². The fourth-order valence-corrected chi connectivity index (χ4v) is 2.52. The van der Waals surface area contributed by atoms with Gasteiger partial charge in [0.1, 0.15) is 0 Å². The van der Waals surface area contributed by atoms with Crippen LogP contribution >= 0.6 is 27.3 Å². The van der Waals surface area contributed by atoms with Crippen LogP contribution in [0.15, 0.2) is 15.9 Å². The quantitative estimate of drug-likeness (QED) is 0.845. The molecule has 0 bridgehead atoms. The van der Waals surface area contributed by atoms with E-state index in [9.17, 15) is 4.79 Å². The van der Waals surface area contributed by atoms with Gasteiger partial charge in [-0.2, -0.15) is 0 Å². The molecule has 0 aliphatic rings. The van der Waals surface area contributed by atoms with Crippen LogP contribution in [0.2, 0.25) is 0 Å². The minimum absolute atomic E-state index is 0.0504. The Morgan fingerprint density at radius 2 is 2.38 bits per heavy atom. The molecule has 0 radical (unpaired) electrons. The predicted octanol–water partition coefficient (Wildman–Crippen LogP) is 2.69. The van der Waals surface area contributed by atoms with Gasteiger partial charge < -0.3 is 5.32 Å². The first-order chi connectivity index (χ1) is 6.19. The summed E-state index contributed by atoms with van der Waals surface area (Å²) in [6.07, 6.45) is 0.824. The normalized spacial score (nSPS) is 12.8. The van der Waals surface area contributed by atoms with Crippen LogP contribution in [0.4, 0.5) is 0 Å². The van der Waals surface area contributed by atoms with Crippen molar-refractivity contribution in [2.45, 2.75) is 19.4 Å². The highest BCUT2D eigenvalue weighted by Gasteiger charge is 2.17. The Kier molecular flexibility index (Phi) is 4.09. The molecule has 1 rings (SSSR count). The van der Waals surface area contributed by atoms with Crippen molar-refractivity contribution in [3.05, 3.63) is 20.8 Å². The van der Waals surface area contributed by atoms with E-state index >= 15 is 0 Å². The third-order valence-electron chi connectivity index (χ3n) is 1.89. The lowest BCUT2D eigenvalue weighted by atomic mass is 10.1. The Morgan fingerprint density at radius 3 is 2.77 bits per heavy atom. The number of hydrogen-bond acceptors (Lipinski definition) is 3. The lowest BCUT2D eigenvalue weighted by Crippen LogP contribution is -2.32. The number of thiophene rings is 1. The molecule has 0 aromatic carbocycles. The lowest BCUT2D eigenvalue weighted by Gasteiger charge is -2.10. The standard InChI is InChI=1S/C9H12BrNOS/c1-3-6(11-2)9(12)7-4-5-8(10)13-7/h4-6,11H,3H2,1-2H3. The second kappa shape index (κ2) is 4.88. The van der Waals surface area contributed by atoms with Gasteiger partial charge in [-0.3, -0.25) is 4.79 Å². The molecule has 0 aliphatic heterocycles. The van der Waals surface area contributed by atoms with E-state index in [2.05, 4.69) is 21.2 Å². The zero-order valence-corrected chi connectivity index (χ0v) is 10.0. The largest absolute Gasteiger partial charge is 0.310 e. The van der Waals surface area contributed by atoms with Crippen molar-refractivity contribution < 1.29 is 4.79 Å². The van der Waals surface area contributed by atoms with E-state index in [0.717, 1.165) is 15.1 Å². The Hall–Kier alpha value is -0.190. The number of rotatable bonds is 4. The molecule has 2 nitrogen and oxygen atoms in total. The topological polar surface area (TPSA) is 29.1 Å². The van der Waals surface area contributed by atoms with Crippen LogP contribution in [0.5, 0.6) is 0 Å². The van der Waals surface area contributed by atoms with E-state index < -0.39 is 0 Å². The third-order valence-corrected chi connectivity index (χ3v) is 3.53. The third kappa shape index (κ3) is 2.62. The van der Waals surface area contributed by atoms with Gasteiger partial charge >= 0.3 is 0 Å². The molecule has 1 N–H and O–H groups in total. The highest BCUT2D eigenvalue weighted by Crippen LogP contribution is 2.23. The summed E-state index contributed by atoms with van der Waals surface area (Å²) in [5, 5.41) is 3.00. The predicted molar refractivity (Wildman–Crippen MR) is 59.5 cm³/mol. The van der Waals surface area contributed by atoms with E-state index in [1.807, 2.05) is 26.1 Å². The number of halogens is 1. The number of Topliss-reactive ketones (excluding diaryl/α,β-unsaturated/α-hetero) is 1. The molecule has 0 saturated carbocycles. The molecule has 72 valence electrons. The Labute approximate surface area is 90.5 Å². The lowest BCUT2D eigenvalue weighted by molar-refractivity contribution is 0.0949. The summed E-state index contributed by atoms with van der Waals surface area (Å²) >= 11 is 4.82. The van der Waals surface area contributed by atoms with E-state index in [0.29, 0.717) is 0 Å². The molecule has 0 spiro atoms. The van der Waals surface area contributed by atoms with Crippen LogP contribution in [0.1, 0.15) is 23.0 Å². The maximum atomic E-state index is 11.7. The summed E-state index contributed by atoms with van der Waals surface area (Å²) in [4.78, 5) is 12.6. The minimum atomic E-state index is -0.0504. The van der Waals surface area contributed by atoms with Crippen LogP contribution in [-0.2, 0) is 0 Å². The average Bonchev–Trinajstić information content (AvgIpc) is 2.54. The Morgan fingerprint density at radius 1 is 1.69 bits per heavy atom. The number of ketones is 1. The van der Waals surface area contributed by atoms with Gasteiger partial charge in [-0.25, -0.2) is 0 Å². The second-order valence-corrected chi connectivity index (χ2v) is 5.18. The molecule has 13 heavy (non-hydrogen) atoms. The molecular weight excluding hydrogens is 250 g/mol. The van der Waals surface area contributed by atoms with Crippen molar-refractivity contribution in [3.63, 3.8) is 0 Å². The summed E-state index contributed by atoms with van der Waals surface area (Å²) in [5.41, 5.74) is 0. The summed E-state index contributed by atoms with van der Waals surface area (Å²) in [6.45, 7) is 2.00. The maximum absolute atomic E-state index is 11.7. The molecule has 0 saturated heterocycles. The van der Waals surface area contributed by atoms with Gasteiger partial charge in [-0.1, -0.05) is 6.92 Å². The number of carbonyl (C=O) groups is 1. The first-order valence-electron chi connectivity index (χ1n) is 4.15. The zero-order valence-electron chi connectivity index (χ0n) is 7.63. The summed E-state index contributed by atoms with van der Waals surface area (Å²) in [5.74, 6) is 0.181. The second-order valence-electron chi connectivity index (χ2n) is 2.72. The first kappa shape index (κ1) is 10.9. The van der Waals surface area contributed by atoms with Gasteiger partial charge in [-0.05, 0) is 41.5 Å². The smallest absolute Gasteiger partial charge is 0.189 e. The summed E-state index contributed by atoms with van der Waals surface area (Å²) < 4.78 is 1.00. The molecule has 0 fully saturated rings. The van der Waals surface area contributed by atoms with Crippen LogP contribution in [0, 0.1) is 0 Å². The fraction of sp³-hybridized carbons (Fsp3) is 0.444. The Balaban J connectivity index is 2.78. The average molecular weight is 262 g/mol. The van der Waals surface area contributed by atoms with E-state index in [1.165, 1.54) is 11.3 Å². The molecular formula is C9H12BrNOS. The minimum Gasteiger partial charge on any atom is -0.310 e. The molecule has 1 aromatic heterocycles. The van der Waals surface area contributed by atoms with Crippen molar-refractivity contribution in [1.82, 2.24) is 5.32 Å². The zero-order chi connectivity index (χ0) is 9.84. The molecule has 0 amide bonds. The van der Waals surface area contributed by atoms with Gasteiger partial charge in [0.15, 0.2) is 5.78 Å². The fourth-order valence-electron chi connectivity index (χ4n) is 1.14. The highest BCUT2D eigenvalue weighted by molar-refractivity contribution is 9.11. The molecule has 4 heteroatoms. The van der Waals surface area contributed by atoms with Crippen LogP contribution in [0.3, 0.4) is 0 Å². The monoisotopic (exact) mass is 261 g/mol.